The van der Waals surface area contributed by atoms with E-state index in [1.165, 1.54) is 7.11 Å². The lowest BCUT2D eigenvalue weighted by Gasteiger charge is -2.19. The van der Waals surface area contributed by atoms with Crippen LogP contribution in [0.25, 0.3) is 0 Å². The molecule has 7 heteroatoms. The number of aromatic nitrogens is 1. The molecule has 1 atom stereocenters. The second kappa shape index (κ2) is 11.8. The second-order valence-corrected chi connectivity index (χ2v) is 6.97. The maximum atomic E-state index is 12.8. The number of unbranched alkanes of at least 4 members (excludes halogenated alkanes) is 2. The molecule has 0 aliphatic carbocycles. The predicted molar refractivity (Wildman–Crippen MR) is 115 cm³/mol. The third-order valence-corrected chi connectivity index (χ3v) is 4.86. The van der Waals surface area contributed by atoms with Crippen LogP contribution < -0.4 is 14.8 Å². The summed E-state index contributed by atoms with van der Waals surface area (Å²) in [6.07, 6.45) is 4.30. The third kappa shape index (κ3) is 6.47. The number of nitrogens with one attached hydrogen (secondary N) is 1. The number of hydrogen-bond acceptors (Lipinski definition) is 6. The van der Waals surface area contributed by atoms with Crippen LogP contribution in [0.15, 0.2) is 36.4 Å². The summed E-state index contributed by atoms with van der Waals surface area (Å²) < 4.78 is 15.4. The summed E-state index contributed by atoms with van der Waals surface area (Å²) in [6, 6.07) is 10.4. The van der Waals surface area contributed by atoms with Gasteiger partial charge in [0.05, 0.1) is 26.9 Å². The molecule has 2 aromatic rings. The summed E-state index contributed by atoms with van der Waals surface area (Å²) in [5.41, 5.74) is 1.82. The fourth-order valence-corrected chi connectivity index (χ4v) is 3.31. The van der Waals surface area contributed by atoms with Crippen LogP contribution in [0.5, 0.6) is 11.8 Å². The van der Waals surface area contributed by atoms with Crippen molar-refractivity contribution in [1.82, 2.24) is 4.98 Å². The van der Waals surface area contributed by atoms with Crippen LogP contribution in [-0.4, -0.2) is 38.2 Å². The van der Waals surface area contributed by atoms with E-state index in [0.717, 1.165) is 31.2 Å². The minimum absolute atomic E-state index is 0.0475. The molecule has 0 saturated heterocycles. The molecule has 7 nitrogen and oxygen atoms in total. The molecule has 1 N–H and O–H groups in total. The molecule has 1 aromatic heterocycles. The molecule has 0 aliphatic rings. The van der Waals surface area contributed by atoms with E-state index in [0.29, 0.717) is 23.0 Å². The molecule has 1 unspecified atom stereocenters. The first-order valence-electron chi connectivity index (χ1n) is 10.1. The minimum Gasteiger partial charge on any atom is -0.481 e. The van der Waals surface area contributed by atoms with Crippen LogP contribution in [-0.2, 0) is 9.53 Å². The van der Waals surface area contributed by atoms with Gasteiger partial charge in [0.2, 0.25) is 17.7 Å². The molecule has 1 amide bonds. The Morgan fingerprint density at radius 3 is 2.53 bits per heavy atom. The van der Waals surface area contributed by atoms with Crippen molar-refractivity contribution in [1.29, 1.82) is 0 Å². The molecular weight excluding hydrogens is 384 g/mol. The molecule has 0 aliphatic heterocycles. The lowest BCUT2D eigenvalue weighted by molar-refractivity contribution is -0.116. The number of methoxy groups -OCH3 is 3. The van der Waals surface area contributed by atoms with E-state index in [1.54, 1.807) is 44.6 Å². The Balaban J connectivity index is 2.18. The van der Waals surface area contributed by atoms with Crippen molar-refractivity contribution < 1.29 is 23.8 Å². The fraction of sp³-hybridized carbons (Fsp3) is 0.435. The average Bonchev–Trinajstić information content (AvgIpc) is 2.77. The van der Waals surface area contributed by atoms with Gasteiger partial charge in [0.25, 0.3) is 0 Å². The van der Waals surface area contributed by atoms with Crippen LogP contribution in [0.4, 0.5) is 5.69 Å². The number of carbonyl (C=O) groups excluding carboxylic acids is 2. The van der Waals surface area contributed by atoms with Gasteiger partial charge in [-0.15, -0.1) is 0 Å². The Morgan fingerprint density at radius 1 is 1.07 bits per heavy atom. The number of hydrogen-bond donors (Lipinski definition) is 1. The predicted octanol–water partition coefficient (Wildman–Crippen LogP) is 4.58. The van der Waals surface area contributed by atoms with Crippen LogP contribution in [0.2, 0.25) is 0 Å². The number of nitrogens with zero attached hydrogens (tertiary/aromatic N) is 1. The number of benzene rings is 1. The van der Waals surface area contributed by atoms with E-state index >= 15 is 0 Å². The number of carbonyl (C=O) groups is 2. The van der Waals surface area contributed by atoms with Gasteiger partial charge in [-0.2, -0.15) is 4.98 Å². The van der Waals surface area contributed by atoms with E-state index < -0.39 is 5.97 Å². The monoisotopic (exact) mass is 414 g/mol. The molecule has 0 spiro atoms. The number of rotatable bonds is 11. The molecule has 0 fully saturated rings. The van der Waals surface area contributed by atoms with E-state index in [4.69, 9.17) is 14.2 Å². The molecule has 162 valence electrons. The SMILES string of the molecule is CCCCCC(CC(=O)Nc1cccc(C(=O)OC)c1)c1ccc(OC)nc1OC. The van der Waals surface area contributed by atoms with Gasteiger partial charge in [0, 0.05) is 23.7 Å². The Hall–Kier alpha value is -3.09. The van der Waals surface area contributed by atoms with Gasteiger partial charge >= 0.3 is 5.97 Å². The molecule has 1 heterocycles. The van der Waals surface area contributed by atoms with E-state index in [9.17, 15) is 9.59 Å². The number of esters is 1. The Kier molecular flexibility index (Phi) is 9.12. The highest BCUT2D eigenvalue weighted by atomic mass is 16.5. The lowest BCUT2D eigenvalue weighted by Crippen LogP contribution is -2.17. The van der Waals surface area contributed by atoms with Crippen molar-refractivity contribution in [2.24, 2.45) is 0 Å². The first-order valence-corrected chi connectivity index (χ1v) is 10.1. The lowest BCUT2D eigenvalue weighted by atomic mass is 9.90. The molecular formula is C23H30N2O5. The summed E-state index contributed by atoms with van der Waals surface area (Å²) >= 11 is 0. The quantitative estimate of drug-likeness (QED) is 0.428. The summed E-state index contributed by atoms with van der Waals surface area (Å²) in [6.45, 7) is 2.14. The zero-order valence-corrected chi connectivity index (χ0v) is 18.1. The van der Waals surface area contributed by atoms with Gasteiger partial charge < -0.3 is 19.5 Å². The van der Waals surface area contributed by atoms with Crippen molar-refractivity contribution in [3.05, 3.63) is 47.5 Å². The van der Waals surface area contributed by atoms with Crippen LogP contribution in [0, 0.1) is 0 Å². The summed E-state index contributed by atoms with van der Waals surface area (Å²) in [4.78, 5) is 28.9. The highest BCUT2D eigenvalue weighted by Gasteiger charge is 2.21. The summed E-state index contributed by atoms with van der Waals surface area (Å²) in [5, 5.41) is 2.88. The zero-order chi connectivity index (χ0) is 21.9. The maximum absolute atomic E-state index is 12.8. The number of pyridine rings is 1. The topological polar surface area (TPSA) is 86.8 Å². The molecule has 0 bridgehead atoms. The molecule has 0 saturated carbocycles. The largest absolute Gasteiger partial charge is 0.481 e. The standard InChI is InChI=1S/C23H30N2O5/c1-5-6-7-9-16(19-12-13-21(28-2)25-22(19)29-3)15-20(26)24-18-11-8-10-17(14-18)23(27)30-4/h8,10-14,16H,5-7,9,15H2,1-4H3,(H,24,26). The molecule has 0 radical (unpaired) electrons. The molecule has 30 heavy (non-hydrogen) atoms. The van der Waals surface area contributed by atoms with Gasteiger partial charge in [0.1, 0.15) is 0 Å². The zero-order valence-electron chi connectivity index (χ0n) is 18.1. The first kappa shape index (κ1) is 23.2. The van der Waals surface area contributed by atoms with Gasteiger partial charge in [-0.3, -0.25) is 4.79 Å². The van der Waals surface area contributed by atoms with Crippen molar-refractivity contribution in [2.45, 2.75) is 44.9 Å². The van der Waals surface area contributed by atoms with Gasteiger partial charge in [-0.05, 0) is 36.6 Å². The Labute approximate surface area is 177 Å². The second-order valence-electron chi connectivity index (χ2n) is 6.97. The van der Waals surface area contributed by atoms with Crippen LogP contribution in [0.1, 0.15) is 60.9 Å². The van der Waals surface area contributed by atoms with Crippen molar-refractivity contribution in [3.63, 3.8) is 0 Å². The van der Waals surface area contributed by atoms with Crippen LogP contribution >= 0.6 is 0 Å². The third-order valence-electron chi connectivity index (χ3n) is 4.86. The van der Waals surface area contributed by atoms with E-state index in [1.807, 2.05) is 6.07 Å². The van der Waals surface area contributed by atoms with Gasteiger partial charge in [0.15, 0.2) is 0 Å². The fourth-order valence-electron chi connectivity index (χ4n) is 3.31. The Morgan fingerprint density at radius 2 is 1.87 bits per heavy atom. The first-order chi connectivity index (χ1) is 14.5. The number of ether oxygens (including phenoxy) is 3. The normalized spacial score (nSPS) is 11.5. The maximum Gasteiger partial charge on any atom is 0.337 e. The Bertz CT molecular complexity index is 853. The smallest absolute Gasteiger partial charge is 0.337 e. The van der Waals surface area contributed by atoms with Crippen molar-refractivity contribution in [3.8, 4) is 11.8 Å². The number of anilines is 1. The highest BCUT2D eigenvalue weighted by Crippen LogP contribution is 2.33. The minimum atomic E-state index is -0.447. The van der Waals surface area contributed by atoms with Crippen molar-refractivity contribution in [2.75, 3.05) is 26.6 Å². The molecule has 2 rings (SSSR count). The van der Waals surface area contributed by atoms with Crippen LogP contribution in [0.3, 0.4) is 0 Å². The van der Waals surface area contributed by atoms with Crippen molar-refractivity contribution >= 4 is 17.6 Å². The van der Waals surface area contributed by atoms with E-state index in [2.05, 4.69) is 17.2 Å². The number of amides is 1. The summed E-state index contributed by atoms with van der Waals surface area (Å²) in [5.74, 6) is 0.297. The summed E-state index contributed by atoms with van der Waals surface area (Å²) in [7, 11) is 4.44. The average molecular weight is 415 g/mol. The van der Waals surface area contributed by atoms with E-state index in [-0.39, 0.29) is 18.2 Å². The molecule has 1 aromatic carbocycles. The highest BCUT2D eigenvalue weighted by molar-refractivity contribution is 5.94. The van der Waals surface area contributed by atoms with Gasteiger partial charge in [-0.25, -0.2) is 4.79 Å². The van der Waals surface area contributed by atoms with Gasteiger partial charge in [-0.1, -0.05) is 32.3 Å².